The fourth-order valence-corrected chi connectivity index (χ4v) is 7.07. The number of nitrogens with zero attached hydrogens (tertiary/aromatic N) is 3. The van der Waals surface area contributed by atoms with Gasteiger partial charge in [0, 0.05) is 37.7 Å². The minimum atomic E-state index is -1.13. The van der Waals surface area contributed by atoms with Crippen molar-refractivity contribution in [1.82, 2.24) is 14.7 Å². The highest BCUT2D eigenvalue weighted by molar-refractivity contribution is 6.04. The lowest BCUT2D eigenvalue weighted by Crippen LogP contribution is -2.65. The maximum atomic E-state index is 14.6. The van der Waals surface area contributed by atoms with Gasteiger partial charge < -0.3 is 24.7 Å². The summed E-state index contributed by atoms with van der Waals surface area (Å²) in [5.74, 6) is 0.733. The van der Waals surface area contributed by atoms with Crippen LogP contribution in [0, 0.1) is 20.8 Å². The molecule has 246 valence electrons. The summed E-state index contributed by atoms with van der Waals surface area (Å²) in [7, 11) is 0. The summed E-state index contributed by atoms with van der Waals surface area (Å²) in [4.78, 5) is 43.8. The lowest BCUT2D eigenvalue weighted by atomic mass is 9.81. The number of hydrogen-bond donors (Lipinski definition) is 2. The van der Waals surface area contributed by atoms with Crippen LogP contribution in [0.5, 0.6) is 5.75 Å². The Labute approximate surface area is 276 Å². The van der Waals surface area contributed by atoms with Crippen LogP contribution in [0.4, 0.5) is 9.59 Å². The average Bonchev–Trinajstić information content (AvgIpc) is 3.90. The van der Waals surface area contributed by atoms with E-state index < -0.39 is 24.3 Å². The molecule has 2 atom stereocenters. The van der Waals surface area contributed by atoms with Crippen LogP contribution in [-0.2, 0) is 17.6 Å². The van der Waals surface area contributed by atoms with Crippen molar-refractivity contribution in [2.75, 3.05) is 26.2 Å². The maximum Gasteiger partial charge on any atom is 0.408 e. The van der Waals surface area contributed by atoms with Crippen molar-refractivity contribution in [3.05, 3.63) is 106 Å². The largest absolute Gasteiger partial charge is 0.493 e. The molecule has 2 heterocycles. The van der Waals surface area contributed by atoms with Gasteiger partial charge in [0.25, 0.3) is 5.91 Å². The molecule has 6 rings (SSSR count). The van der Waals surface area contributed by atoms with Crippen molar-refractivity contribution in [2.24, 2.45) is 0 Å². The number of ether oxygens (including phenoxy) is 1. The van der Waals surface area contributed by atoms with Gasteiger partial charge in [0.2, 0.25) is 0 Å². The summed E-state index contributed by atoms with van der Waals surface area (Å²) in [5, 5.41) is 20.2. The summed E-state index contributed by atoms with van der Waals surface area (Å²) in [6, 6.07) is 20.9. The van der Waals surface area contributed by atoms with Crippen molar-refractivity contribution in [1.29, 1.82) is 0 Å². The molecule has 1 saturated carbocycles. The highest BCUT2D eigenvalue weighted by atomic mass is 16.5. The number of hydrogen-bond acceptors (Lipinski definition) is 4. The number of carboxylic acid groups (broad SMARTS) is 2. The Morgan fingerprint density at radius 2 is 1.51 bits per heavy atom. The van der Waals surface area contributed by atoms with Crippen LogP contribution in [0.3, 0.4) is 0 Å². The zero-order valence-corrected chi connectivity index (χ0v) is 27.3. The molecule has 0 aromatic heterocycles. The molecule has 2 aliphatic heterocycles. The third kappa shape index (κ3) is 6.84. The van der Waals surface area contributed by atoms with E-state index in [9.17, 15) is 24.6 Å². The SMILES string of the molecule is Cc1ccc(C)c(OCCc2ccc(C3=C(C(=O)N(CCc4ccccc4)C4CC4)[C@H]4CN(C(=O)O)C[C@@H](C3)N4C(=O)O)cc2)c1C. The highest BCUT2D eigenvalue weighted by Gasteiger charge is 2.49. The molecule has 0 unspecified atom stereocenters. The molecule has 1 aliphatic carbocycles. The topological polar surface area (TPSA) is 111 Å². The van der Waals surface area contributed by atoms with Crippen LogP contribution >= 0.6 is 0 Å². The second-order valence-corrected chi connectivity index (χ2v) is 13.1. The molecule has 3 aliphatic rings. The second kappa shape index (κ2) is 13.5. The molecule has 2 fully saturated rings. The molecule has 47 heavy (non-hydrogen) atoms. The fourth-order valence-electron chi connectivity index (χ4n) is 7.07. The molecule has 0 spiro atoms. The molecule has 9 nitrogen and oxygen atoms in total. The normalized spacial score (nSPS) is 19.0. The lowest BCUT2D eigenvalue weighted by Gasteiger charge is -2.49. The Morgan fingerprint density at radius 1 is 0.830 bits per heavy atom. The van der Waals surface area contributed by atoms with Gasteiger partial charge in [-0.2, -0.15) is 0 Å². The van der Waals surface area contributed by atoms with Gasteiger partial charge in [0.15, 0.2) is 0 Å². The first-order valence-corrected chi connectivity index (χ1v) is 16.5. The third-order valence-electron chi connectivity index (χ3n) is 9.92. The number of aryl methyl sites for hydroxylation is 2. The quantitative estimate of drug-likeness (QED) is 0.269. The summed E-state index contributed by atoms with van der Waals surface area (Å²) < 4.78 is 6.20. The number of rotatable bonds is 10. The van der Waals surface area contributed by atoms with Crippen molar-refractivity contribution in [2.45, 2.75) is 71.0 Å². The Morgan fingerprint density at radius 3 is 2.17 bits per heavy atom. The van der Waals surface area contributed by atoms with Crippen molar-refractivity contribution < 1.29 is 29.3 Å². The van der Waals surface area contributed by atoms with Crippen LogP contribution in [0.25, 0.3) is 5.57 Å². The number of benzene rings is 3. The van der Waals surface area contributed by atoms with Gasteiger partial charge in [-0.3, -0.25) is 9.69 Å². The number of carbonyl (C=O) groups excluding carboxylic acids is 1. The van der Waals surface area contributed by atoms with Gasteiger partial charge in [0.05, 0.1) is 18.7 Å². The van der Waals surface area contributed by atoms with Crippen molar-refractivity contribution in [3.63, 3.8) is 0 Å². The van der Waals surface area contributed by atoms with Crippen LogP contribution in [0.2, 0.25) is 0 Å². The van der Waals surface area contributed by atoms with Gasteiger partial charge >= 0.3 is 12.2 Å². The van der Waals surface area contributed by atoms with Crippen molar-refractivity contribution >= 4 is 23.7 Å². The number of fused-ring (bicyclic) bond motifs is 2. The predicted octanol–water partition coefficient (Wildman–Crippen LogP) is 6.34. The Balaban J connectivity index is 1.30. The molecule has 1 saturated heterocycles. The van der Waals surface area contributed by atoms with Gasteiger partial charge in [-0.1, -0.05) is 66.7 Å². The van der Waals surface area contributed by atoms with Crippen LogP contribution < -0.4 is 4.74 Å². The van der Waals surface area contributed by atoms with Gasteiger partial charge in [-0.15, -0.1) is 0 Å². The Hall–Kier alpha value is -4.79. The molecule has 0 radical (unpaired) electrons. The summed E-state index contributed by atoms with van der Waals surface area (Å²) in [6.07, 6.45) is 1.22. The van der Waals surface area contributed by atoms with E-state index in [1.54, 1.807) is 0 Å². The van der Waals surface area contributed by atoms with E-state index in [1.807, 2.05) is 59.5 Å². The molecule has 2 N–H and O–H groups in total. The summed E-state index contributed by atoms with van der Waals surface area (Å²) in [5.41, 5.74) is 7.74. The zero-order valence-electron chi connectivity index (χ0n) is 27.3. The Kier molecular flexibility index (Phi) is 9.25. The third-order valence-corrected chi connectivity index (χ3v) is 9.92. The van der Waals surface area contributed by atoms with E-state index in [0.717, 1.165) is 52.0 Å². The summed E-state index contributed by atoms with van der Waals surface area (Å²) in [6.45, 7) is 7.23. The van der Waals surface area contributed by atoms with Gasteiger partial charge in [-0.05, 0) is 85.4 Å². The molecular weight excluding hydrogens is 594 g/mol. The highest BCUT2D eigenvalue weighted by Crippen LogP contribution is 2.41. The average molecular weight is 638 g/mol. The number of amides is 3. The first-order chi connectivity index (χ1) is 22.6. The zero-order chi connectivity index (χ0) is 33.2. The summed E-state index contributed by atoms with van der Waals surface area (Å²) >= 11 is 0. The first kappa shape index (κ1) is 32.2. The molecule has 3 aromatic carbocycles. The number of carbonyl (C=O) groups is 3. The van der Waals surface area contributed by atoms with E-state index in [0.29, 0.717) is 31.6 Å². The molecule has 9 heteroatoms. The predicted molar refractivity (Wildman–Crippen MR) is 180 cm³/mol. The van der Waals surface area contributed by atoms with E-state index >= 15 is 0 Å². The second-order valence-electron chi connectivity index (χ2n) is 13.1. The molecular formula is C38H43N3O6. The minimum absolute atomic E-state index is 0.0661. The minimum Gasteiger partial charge on any atom is -0.493 e. The number of piperazine rings is 1. The molecule has 2 bridgehead atoms. The van der Waals surface area contributed by atoms with E-state index in [-0.39, 0.29) is 31.5 Å². The molecule has 3 aromatic rings. The molecule has 3 amide bonds. The van der Waals surface area contributed by atoms with Crippen molar-refractivity contribution in [3.8, 4) is 5.75 Å². The maximum absolute atomic E-state index is 14.6. The van der Waals surface area contributed by atoms with Crippen LogP contribution in [-0.4, -0.2) is 87.4 Å². The lowest BCUT2D eigenvalue weighted by molar-refractivity contribution is -0.128. The monoisotopic (exact) mass is 637 g/mol. The fraction of sp³-hybridized carbons (Fsp3) is 0.395. The smallest absolute Gasteiger partial charge is 0.408 e. The van der Waals surface area contributed by atoms with Crippen LogP contribution in [0.15, 0.2) is 72.3 Å². The first-order valence-electron chi connectivity index (χ1n) is 16.5. The van der Waals surface area contributed by atoms with Gasteiger partial charge in [-0.25, -0.2) is 9.59 Å². The van der Waals surface area contributed by atoms with Crippen LogP contribution in [0.1, 0.15) is 52.6 Å². The van der Waals surface area contributed by atoms with E-state index in [2.05, 4.69) is 32.9 Å². The standard InChI is InChI=1S/C38H43N3O6/c1-24-9-10-25(2)35(26(24)3)47-20-18-28-11-13-29(14-12-28)32-21-31-22-39(37(43)44)23-33(41(31)38(45)46)34(32)36(42)40(30-15-16-30)19-17-27-7-5-4-6-8-27/h4-14,30-31,33H,15-23H2,1-3H3,(H,43,44)(H,45,46)/t31-,33-/m1/s1. The van der Waals surface area contributed by atoms with Gasteiger partial charge in [0.1, 0.15) is 5.75 Å². The Bertz CT molecular complexity index is 1680. The van der Waals surface area contributed by atoms with E-state index in [1.165, 1.54) is 15.4 Å². The van der Waals surface area contributed by atoms with E-state index in [4.69, 9.17) is 4.74 Å².